The summed E-state index contributed by atoms with van der Waals surface area (Å²) in [6.45, 7) is 1.85. The van der Waals surface area contributed by atoms with Gasteiger partial charge >= 0.3 is 5.97 Å². The maximum Gasteiger partial charge on any atom is 0.341 e. The number of ether oxygens (including phenoxy) is 1. The lowest BCUT2D eigenvalue weighted by Crippen LogP contribution is -2.04. The molecule has 5 heteroatoms. The number of esters is 1. The van der Waals surface area contributed by atoms with Crippen molar-refractivity contribution in [3.8, 4) is 11.5 Å². The summed E-state index contributed by atoms with van der Waals surface area (Å²) >= 11 is 0. The number of carbonyl (C=O) groups is 1. The number of aryl methyl sites for hydroxylation is 1. The van der Waals surface area contributed by atoms with Crippen molar-refractivity contribution >= 4 is 5.97 Å². The van der Waals surface area contributed by atoms with Crippen LogP contribution in [0.3, 0.4) is 0 Å². The van der Waals surface area contributed by atoms with Crippen molar-refractivity contribution in [1.82, 2.24) is 4.98 Å². The molecule has 1 aromatic carbocycles. The molecule has 2 heterocycles. The van der Waals surface area contributed by atoms with Crippen molar-refractivity contribution in [1.29, 1.82) is 0 Å². The van der Waals surface area contributed by atoms with Gasteiger partial charge in [0.15, 0.2) is 0 Å². The molecule has 0 saturated carbocycles. The highest BCUT2D eigenvalue weighted by Gasteiger charge is 2.14. The third-order valence-electron chi connectivity index (χ3n) is 3.01. The number of carbonyl (C=O) groups excluding carboxylic acids is 1. The van der Waals surface area contributed by atoms with Gasteiger partial charge in [-0.05, 0) is 25.1 Å². The summed E-state index contributed by atoms with van der Waals surface area (Å²) in [7, 11) is 0. The third-order valence-corrected chi connectivity index (χ3v) is 3.01. The van der Waals surface area contributed by atoms with Gasteiger partial charge in [-0.15, -0.1) is 0 Å². The molecule has 106 valence electrons. The fourth-order valence-corrected chi connectivity index (χ4v) is 1.86. The van der Waals surface area contributed by atoms with Gasteiger partial charge in [0.25, 0.3) is 0 Å². The van der Waals surface area contributed by atoms with Gasteiger partial charge in [-0.3, -0.25) is 0 Å². The first-order valence-corrected chi connectivity index (χ1v) is 6.45. The first kappa shape index (κ1) is 13.2. The fraction of sp³-hybridized carbons (Fsp3) is 0.125. The molecule has 0 radical (unpaired) electrons. The molecule has 0 saturated heterocycles. The first-order chi connectivity index (χ1) is 10.2. The summed E-state index contributed by atoms with van der Waals surface area (Å²) in [6, 6.07) is 11.1. The molecule has 3 rings (SSSR count). The predicted octanol–water partition coefficient (Wildman–Crippen LogP) is 3.60. The summed E-state index contributed by atoms with van der Waals surface area (Å²) < 4.78 is 15.6. The van der Waals surface area contributed by atoms with Crippen molar-refractivity contribution in [3.05, 3.63) is 65.9 Å². The van der Waals surface area contributed by atoms with E-state index in [1.54, 1.807) is 13.0 Å². The van der Waals surface area contributed by atoms with E-state index in [1.807, 2.05) is 30.3 Å². The fourth-order valence-electron chi connectivity index (χ4n) is 1.86. The number of furan rings is 1. The van der Waals surface area contributed by atoms with E-state index in [0.29, 0.717) is 22.9 Å². The van der Waals surface area contributed by atoms with Crippen LogP contribution in [0.4, 0.5) is 0 Å². The van der Waals surface area contributed by atoms with Crippen LogP contribution in [0, 0.1) is 6.92 Å². The quantitative estimate of drug-likeness (QED) is 0.684. The minimum absolute atomic E-state index is 0.0617. The van der Waals surface area contributed by atoms with Gasteiger partial charge in [0.1, 0.15) is 24.3 Å². The topological polar surface area (TPSA) is 65.5 Å². The molecule has 0 spiro atoms. The average molecular weight is 283 g/mol. The molecule has 0 unspecified atom stereocenters. The van der Waals surface area contributed by atoms with Crippen molar-refractivity contribution in [2.45, 2.75) is 13.5 Å². The van der Waals surface area contributed by atoms with Crippen LogP contribution in [0.1, 0.15) is 21.8 Å². The second-order valence-corrected chi connectivity index (χ2v) is 4.48. The SMILES string of the molecule is Cc1oc(-c2ccccc2)nc1COC(=O)c1ccoc1. The highest BCUT2D eigenvalue weighted by Crippen LogP contribution is 2.22. The van der Waals surface area contributed by atoms with Gasteiger partial charge < -0.3 is 13.6 Å². The normalized spacial score (nSPS) is 10.5. The molecular weight excluding hydrogens is 270 g/mol. The lowest BCUT2D eigenvalue weighted by atomic mass is 10.2. The number of nitrogens with zero attached hydrogens (tertiary/aromatic N) is 1. The highest BCUT2D eigenvalue weighted by molar-refractivity contribution is 5.88. The Labute approximate surface area is 121 Å². The minimum Gasteiger partial charge on any atom is -0.472 e. The Hall–Kier alpha value is -2.82. The molecule has 0 aliphatic carbocycles. The zero-order chi connectivity index (χ0) is 14.7. The van der Waals surface area contributed by atoms with Gasteiger partial charge in [-0.25, -0.2) is 9.78 Å². The van der Waals surface area contributed by atoms with E-state index in [9.17, 15) is 4.79 Å². The third kappa shape index (κ3) is 2.86. The summed E-state index contributed by atoms with van der Waals surface area (Å²) in [5.41, 5.74) is 1.86. The number of aromatic nitrogens is 1. The monoisotopic (exact) mass is 283 g/mol. The molecule has 0 N–H and O–H groups in total. The van der Waals surface area contributed by atoms with Gasteiger partial charge in [0, 0.05) is 5.56 Å². The van der Waals surface area contributed by atoms with Crippen molar-refractivity contribution in [2.75, 3.05) is 0 Å². The minimum atomic E-state index is -0.451. The van der Waals surface area contributed by atoms with Crippen LogP contribution in [0.15, 0.2) is 57.8 Å². The Bertz CT molecular complexity index is 729. The molecule has 0 amide bonds. The average Bonchev–Trinajstić information content (AvgIpc) is 3.16. The van der Waals surface area contributed by atoms with Gasteiger partial charge in [0.05, 0.1) is 11.8 Å². The smallest absolute Gasteiger partial charge is 0.341 e. The van der Waals surface area contributed by atoms with Crippen molar-refractivity contribution in [3.63, 3.8) is 0 Å². The number of benzene rings is 1. The van der Waals surface area contributed by atoms with E-state index >= 15 is 0 Å². The van der Waals surface area contributed by atoms with Gasteiger partial charge in [-0.1, -0.05) is 18.2 Å². The van der Waals surface area contributed by atoms with Crippen LogP contribution in [0.2, 0.25) is 0 Å². The molecule has 0 aliphatic heterocycles. The van der Waals surface area contributed by atoms with Crippen LogP contribution >= 0.6 is 0 Å². The van der Waals surface area contributed by atoms with Gasteiger partial charge in [-0.2, -0.15) is 0 Å². The van der Waals surface area contributed by atoms with Crippen LogP contribution in [-0.4, -0.2) is 11.0 Å². The zero-order valence-electron chi connectivity index (χ0n) is 11.4. The summed E-state index contributed by atoms with van der Waals surface area (Å²) in [5, 5.41) is 0. The lowest BCUT2D eigenvalue weighted by molar-refractivity contribution is 0.0466. The number of rotatable bonds is 4. The molecule has 0 aliphatic rings. The Morgan fingerprint density at radius 3 is 2.76 bits per heavy atom. The Morgan fingerprint density at radius 1 is 1.24 bits per heavy atom. The largest absolute Gasteiger partial charge is 0.472 e. The molecule has 0 fully saturated rings. The number of oxazole rings is 1. The first-order valence-electron chi connectivity index (χ1n) is 6.45. The summed E-state index contributed by atoms with van der Waals surface area (Å²) in [4.78, 5) is 16.1. The molecule has 3 aromatic rings. The van der Waals surface area contributed by atoms with E-state index in [4.69, 9.17) is 13.6 Å². The predicted molar refractivity (Wildman–Crippen MR) is 74.5 cm³/mol. The van der Waals surface area contributed by atoms with Gasteiger partial charge in [0.2, 0.25) is 5.89 Å². The maximum absolute atomic E-state index is 11.7. The Balaban J connectivity index is 1.72. The molecule has 2 aromatic heterocycles. The van der Waals surface area contributed by atoms with E-state index in [0.717, 1.165) is 5.56 Å². The van der Waals surface area contributed by atoms with Crippen LogP contribution in [0.5, 0.6) is 0 Å². The molecule has 0 atom stereocenters. The number of hydrogen-bond acceptors (Lipinski definition) is 5. The van der Waals surface area contributed by atoms with E-state index in [1.165, 1.54) is 12.5 Å². The van der Waals surface area contributed by atoms with Crippen molar-refractivity contribution in [2.24, 2.45) is 0 Å². The van der Waals surface area contributed by atoms with E-state index < -0.39 is 5.97 Å². The van der Waals surface area contributed by atoms with Crippen LogP contribution in [0.25, 0.3) is 11.5 Å². The standard InChI is InChI=1S/C16H13NO4/c1-11-14(10-20-16(18)13-7-8-19-9-13)17-15(21-11)12-5-3-2-4-6-12/h2-9H,10H2,1H3. The zero-order valence-corrected chi connectivity index (χ0v) is 11.4. The Kier molecular flexibility index (Phi) is 3.55. The van der Waals surface area contributed by atoms with Crippen LogP contribution in [-0.2, 0) is 11.3 Å². The van der Waals surface area contributed by atoms with Crippen LogP contribution < -0.4 is 0 Å². The highest BCUT2D eigenvalue weighted by atomic mass is 16.5. The number of hydrogen-bond donors (Lipinski definition) is 0. The van der Waals surface area contributed by atoms with Crippen molar-refractivity contribution < 1.29 is 18.4 Å². The second-order valence-electron chi connectivity index (χ2n) is 4.48. The Morgan fingerprint density at radius 2 is 2.05 bits per heavy atom. The lowest BCUT2D eigenvalue weighted by Gasteiger charge is -2.00. The maximum atomic E-state index is 11.7. The summed E-state index contributed by atoms with van der Waals surface area (Å²) in [6.07, 6.45) is 2.76. The molecule has 0 bridgehead atoms. The molecular formula is C16H13NO4. The van der Waals surface area contributed by atoms with E-state index in [-0.39, 0.29) is 6.61 Å². The van der Waals surface area contributed by atoms with E-state index in [2.05, 4.69) is 4.98 Å². The molecule has 5 nitrogen and oxygen atoms in total. The second kappa shape index (κ2) is 5.66. The molecule has 21 heavy (non-hydrogen) atoms. The summed E-state index contributed by atoms with van der Waals surface area (Å²) in [5.74, 6) is 0.698.